The molecule has 0 aliphatic carbocycles. The summed E-state index contributed by atoms with van der Waals surface area (Å²) >= 11 is 5.35. The Morgan fingerprint density at radius 2 is 2.56 bits per heavy atom. The molecule has 0 spiro atoms. The van der Waals surface area contributed by atoms with Crippen LogP contribution in [0.2, 0.25) is 0 Å². The van der Waals surface area contributed by atoms with Crippen LogP contribution in [0.4, 0.5) is 0 Å². The van der Waals surface area contributed by atoms with E-state index >= 15 is 0 Å². The van der Waals surface area contributed by atoms with Gasteiger partial charge in [-0.1, -0.05) is 0 Å². The first kappa shape index (κ1) is 6.83. The second-order valence-corrected chi connectivity index (χ2v) is 2.27. The molecule has 0 amide bonds. The van der Waals surface area contributed by atoms with Crippen molar-refractivity contribution in [1.29, 1.82) is 0 Å². The van der Waals surface area contributed by atoms with E-state index in [-0.39, 0.29) is 12.0 Å². The fourth-order valence-electron chi connectivity index (χ4n) is 0.731. The largest absolute Gasteiger partial charge is 0.459 e. The molecule has 1 saturated heterocycles. The SMILES string of the molecule is O=C1O[C@@H](CCl)C[C@H]1O. The Hall–Kier alpha value is -0.280. The molecule has 0 aromatic heterocycles. The molecule has 1 rings (SSSR count). The van der Waals surface area contributed by atoms with Crippen LogP contribution < -0.4 is 0 Å². The van der Waals surface area contributed by atoms with Gasteiger partial charge in [-0.3, -0.25) is 0 Å². The van der Waals surface area contributed by atoms with Crippen LogP contribution in [0.3, 0.4) is 0 Å². The molecular formula is C5H7ClO3. The maximum atomic E-state index is 10.4. The second-order valence-electron chi connectivity index (χ2n) is 1.96. The summed E-state index contributed by atoms with van der Waals surface area (Å²) in [7, 11) is 0. The molecule has 4 heteroatoms. The van der Waals surface area contributed by atoms with Crippen molar-refractivity contribution in [2.24, 2.45) is 0 Å². The lowest BCUT2D eigenvalue weighted by Crippen LogP contribution is -2.11. The molecule has 0 aromatic rings. The topological polar surface area (TPSA) is 46.5 Å². The van der Waals surface area contributed by atoms with E-state index in [0.717, 1.165) is 0 Å². The summed E-state index contributed by atoms with van der Waals surface area (Å²) in [5, 5.41) is 8.77. The van der Waals surface area contributed by atoms with E-state index in [0.29, 0.717) is 6.42 Å². The number of hydrogen-bond acceptors (Lipinski definition) is 3. The van der Waals surface area contributed by atoms with Crippen LogP contribution in [0.1, 0.15) is 6.42 Å². The fraction of sp³-hybridized carbons (Fsp3) is 0.800. The molecule has 2 atom stereocenters. The Labute approximate surface area is 57.6 Å². The number of aliphatic hydroxyl groups excluding tert-OH is 1. The highest BCUT2D eigenvalue weighted by Crippen LogP contribution is 2.15. The number of esters is 1. The van der Waals surface area contributed by atoms with Gasteiger partial charge >= 0.3 is 5.97 Å². The Kier molecular flexibility index (Phi) is 1.93. The van der Waals surface area contributed by atoms with Crippen LogP contribution in [0.15, 0.2) is 0 Å². The lowest BCUT2D eigenvalue weighted by Gasteiger charge is -1.99. The van der Waals surface area contributed by atoms with Gasteiger partial charge < -0.3 is 9.84 Å². The van der Waals surface area contributed by atoms with E-state index in [1.807, 2.05) is 0 Å². The zero-order valence-electron chi connectivity index (χ0n) is 4.71. The average molecular weight is 151 g/mol. The number of aliphatic hydroxyl groups is 1. The van der Waals surface area contributed by atoms with Gasteiger partial charge in [0.2, 0.25) is 0 Å². The molecule has 0 bridgehead atoms. The maximum Gasteiger partial charge on any atom is 0.335 e. The molecule has 1 N–H and O–H groups in total. The van der Waals surface area contributed by atoms with Crippen molar-refractivity contribution in [3.63, 3.8) is 0 Å². The summed E-state index contributed by atoms with van der Waals surface area (Å²) < 4.78 is 4.60. The quantitative estimate of drug-likeness (QED) is 0.420. The minimum absolute atomic E-state index is 0.267. The minimum atomic E-state index is -0.950. The number of ether oxygens (including phenoxy) is 1. The summed E-state index contributed by atoms with van der Waals surface area (Å²) in [4.78, 5) is 10.4. The summed E-state index contributed by atoms with van der Waals surface area (Å²) in [5.41, 5.74) is 0. The van der Waals surface area contributed by atoms with Gasteiger partial charge in [0.05, 0.1) is 5.88 Å². The molecule has 9 heavy (non-hydrogen) atoms. The molecule has 1 aliphatic rings. The molecule has 0 radical (unpaired) electrons. The third-order valence-corrected chi connectivity index (χ3v) is 1.56. The highest BCUT2D eigenvalue weighted by Gasteiger charge is 2.31. The van der Waals surface area contributed by atoms with Gasteiger partial charge in [-0.2, -0.15) is 0 Å². The van der Waals surface area contributed by atoms with Crippen molar-refractivity contribution in [3.05, 3.63) is 0 Å². The summed E-state index contributed by atoms with van der Waals surface area (Å²) in [6, 6.07) is 0. The van der Waals surface area contributed by atoms with Gasteiger partial charge in [0.15, 0.2) is 6.10 Å². The van der Waals surface area contributed by atoms with Gasteiger partial charge in [0.25, 0.3) is 0 Å². The molecule has 1 heterocycles. The van der Waals surface area contributed by atoms with E-state index in [4.69, 9.17) is 16.7 Å². The van der Waals surface area contributed by atoms with E-state index in [1.165, 1.54) is 0 Å². The van der Waals surface area contributed by atoms with Gasteiger partial charge in [-0.25, -0.2) is 4.79 Å². The highest BCUT2D eigenvalue weighted by molar-refractivity contribution is 6.18. The smallest absolute Gasteiger partial charge is 0.335 e. The lowest BCUT2D eigenvalue weighted by atomic mass is 10.2. The summed E-state index contributed by atoms with van der Waals surface area (Å²) in [6.45, 7) is 0. The van der Waals surface area contributed by atoms with Crippen LogP contribution >= 0.6 is 11.6 Å². The van der Waals surface area contributed by atoms with Crippen LogP contribution in [0.5, 0.6) is 0 Å². The molecule has 3 nitrogen and oxygen atoms in total. The molecule has 0 aromatic carbocycles. The van der Waals surface area contributed by atoms with Crippen molar-refractivity contribution in [2.45, 2.75) is 18.6 Å². The number of hydrogen-bond donors (Lipinski definition) is 1. The molecule has 1 fully saturated rings. The number of alkyl halides is 1. The van der Waals surface area contributed by atoms with Gasteiger partial charge in [0, 0.05) is 6.42 Å². The standard InChI is InChI=1S/C5H7ClO3/c6-2-3-1-4(7)5(8)9-3/h3-4,7H,1-2H2/t3-,4-/m1/s1. The predicted molar refractivity (Wildman–Crippen MR) is 31.2 cm³/mol. The Morgan fingerprint density at radius 3 is 2.78 bits per heavy atom. The number of halogens is 1. The first-order valence-electron chi connectivity index (χ1n) is 2.68. The van der Waals surface area contributed by atoms with Crippen molar-refractivity contribution in [3.8, 4) is 0 Å². The van der Waals surface area contributed by atoms with Gasteiger partial charge in [-0.05, 0) is 0 Å². The Balaban J connectivity index is 2.44. The molecule has 0 unspecified atom stereocenters. The summed E-state index contributed by atoms with van der Waals surface area (Å²) in [6.07, 6.45) is -0.898. The summed E-state index contributed by atoms with van der Waals surface area (Å²) in [5.74, 6) is -0.288. The van der Waals surface area contributed by atoms with Crippen molar-refractivity contribution in [1.82, 2.24) is 0 Å². The minimum Gasteiger partial charge on any atom is -0.459 e. The number of rotatable bonds is 1. The van der Waals surface area contributed by atoms with Crippen LogP contribution in [0, 0.1) is 0 Å². The zero-order chi connectivity index (χ0) is 6.85. The van der Waals surface area contributed by atoms with E-state index in [2.05, 4.69) is 4.74 Å². The van der Waals surface area contributed by atoms with Crippen LogP contribution in [-0.2, 0) is 9.53 Å². The third-order valence-electron chi connectivity index (χ3n) is 1.21. The van der Waals surface area contributed by atoms with Crippen molar-refractivity contribution >= 4 is 17.6 Å². The zero-order valence-corrected chi connectivity index (χ0v) is 5.47. The Morgan fingerprint density at radius 1 is 1.89 bits per heavy atom. The average Bonchev–Trinajstić information content (AvgIpc) is 2.13. The molecule has 1 aliphatic heterocycles. The molecular weight excluding hydrogens is 144 g/mol. The molecule has 52 valence electrons. The Bertz CT molecular complexity index is 125. The lowest BCUT2D eigenvalue weighted by molar-refractivity contribution is -0.146. The van der Waals surface area contributed by atoms with Gasteiger partial charge in [0.1, 0.15) is 6.10 Å². The number of cyclic esters (lactones) is 1. The van der Waals surface area contributed by atoms with Crippen molar-refractivity contribution in [2.75, 3.05) is 5.88 Å². The number of carbonyl (C=O) groups excluding carboxylic acids is 1. The predicted octanol–water partition coefficient (Wildman–Crippen LogP) is -0.0984. The van der Waals surface area contributed by atoms with Crippen LogP contribution in [0.25, 0.3) is 0 Å². The van der Waals surface area contributed by atoms with E-state index in [9.17, 15) is 4.79 Å². The molecule has 0 saturated carbocycles. The van der Waals surface area contributed by atoms with E-state index in [1.54, 1.807) is 0 Å². The number of carbonyl (C=O) groups is 1. The fourth-order valence-corrected chi connectivity index (χ4v) is 0.920. The first-order valence-corrected chi connectivity index (χ1v) is 3.22. The normalized spacial score (nSPS) is 34.7. The monoisotopic (exact) mass is 150 g/mol. The maximum absolute atomic E-state index is 10.4. The second kappa shape index (κ2) is 2.54. The van der Waals surface area contributed by atoms with Gasteiger partial charge in [-0.15, -0.1) is 11.6 Å². The van der Waals surface area contributed by atoms with Crippen LogP contribution in [-0.4, -0.2) is 29.2 Å². The van der Waals surface area contributed by atoms with Crippen molar-refractivity contribution < 1.29 is 14.6 Å². The first-order chi connectivity index (χ1) is 4.24. The van der Waals surface area contributed by atoms with E-state index < -0.39 is 12.1 Å². The highest BCUT2D eigenvalue weighted by atomic mass is 35.5. The third kappa shape index (κ3) is 1.34.